The Bertz CT molecular complexity index is 1030. The summed E-state index contributed by atoms with van der Waals surface area (Å²) in [4.78, 5) is 29.0. The van der Waals surface area contributed by atoms with Gasteiger partial charge in [0.15, 0.2) is 5.16 Å². The van der Waals surface area contributed by atoms with Gasteiger partial charge < -0.3 is 9.88 Å². The predicted molar refractivity (Wildman–Crippen MR) is 109 cm³/mol. The van der Waals surface area contributed by atoms with Crippen LogP contribution in [0.4, 0.5) is 0 Å². The van der Waals surface area contributed by atoms with Crippen molar-refractivity contribution >= 4 is 23.3 Å². The van der Waals surface area contributed by atoms with Crippen molar-refractivity contribution in [2.45, 2.75) is 38.4 Å². The first-order chi connectivity index (χ1) is 13.5. The molecule has 0 aromatic carbocycles. The fourth-order valence-electron chi connectivity index (χ4n) is 2.93. The topological polar surface area (TPSA) is 94.2 Å². The smallest absolute Gasteiger partial charge is 0.270 e. The minimum Gasteiger partial charge on any atom is -0.352 e. The zero-order chi connectivity index (χ0) is 20.1. The van der Waals surface area contributed by atoms with Crippen LogP contribution in [0.25, 0.3) is 5.65 Å². The maximum Gasteiger partial charge on any atom is 0.270 e. The van der Waals surface area contributed by atoms with Crippen molar-refractivity contribution < 1.29 is 4.79 Å². The SMILES string of the molecule is CSc1nnc(CCCNC(=O)c2cnc3ccccn3c2=O)n1CC(C)C. The van der Waals surface area contributed by atoms with E-state index < -0.39 is 5.91 Å². The van der Waals surface area contributed by atoms with Crippen LogP contribution < -0.4 is 10.9 Å². The predicted octanol–water partition coefficient (Wildman–Crippen LogP) is 2.03. The van der Waals surface area contributed by atoms with Gasteiger partial charge >= 0.3 is 0 Å². The van der Waals surface area contributed by atoms with Crippen molar-refractivity contribution in [2.75, 3.05) is 12.8 Å². The lowest BCUT2D eigenvalue weighted by atomic mass is 10.2. The molecule has 3 aromatic rings. The van der Waals surface area contributed by atoms with E-state index in [0.29, 0.717) is 31.0 Å². The number of carbonyl (C=O) groups excluding carboxylic acids is 1. The van der Waals surface area contributed by atoms with Crippen molar-refractivity contribution in [3.63, 3.8) is 0 Å². The van der Waals surface area contributed by atoms with E-state index in [-0.39, 0.29) is 11.1 Å². The first kappa shape index (κ1) is 20.1. The van der Waals surface area contributed by atoms with Crippen molar-refractivity contribution in [3.05, 3.63) is 52.3 Å². The molecular weight excluding hydrogens is 376 g/mol. The average molecular weight is 401 g/mol. The summed E-state index contributed by atoms with van der Waals surface area (Å²) >= 11 is 1.58. The van der Waals surface area contributed by atoms with Crippen LogP contribution in [0.1, 0.15) is 36.5 Å². The summed E-state index contributed by atoms with van der Waals surface area (Å²) in [6.07, 6.45) is 6.33. The molecule has 0 unspecified atom stereocenters. The van der Waals surface area contributed by atoms with Gasteiger partial charge in [-0.15, -0.1) is 10.2 Å². The fraction of sp³-hybridized carbons (Fsp3) is 0.421. The maximum atomic E-state index is 12.4. The number of thioether (sulfide) groups is 1. The molecule has 0 radical (unpaired) electrons. The molecule has 0 bridgehead atoms. The van der Waals surface area contributed by atoms with Gasteiger partial charge in [0.1, 0.15) is 17.0 Å². The number of aromatic nitrogens is 5. The zero-order valence-corrected chi connectivity index (χ0v) is 17.1. The van der Waals surface area contributed by atoms with Gasteiger partial charge in [-0.1, -0.05) is 31.7 Å². The summed E-state index contributed by atoms with van der Waals surface area (Å²) < 4.78 is 3.50. The molecule has 0 spiro atoms. The molecule has 0 aliphatic heterocycles. The van der Waals surface area contributed by atoms with Gasteiger partial charge in [-0.2, -0.15) is 0 Å². The van der Waals surface area contributed by atoms with Gasteiger partial charge in [-0.25, -0.2) is 4.98 Å². The summed E-state index contributed by atoms with van der Waals surface area (Å²) in [7, 11) is 0. The lowest BCUT2D eigenvalue weighted by Crippen LogP contribution is -2.32. The lowest BCUT2D eigenvalue weighted by Gasteiger charge is -2.11. The normalized spacial score (nSPS) is 11.3. The number of aryl methyl sites for hydroxylation is 1. The Labute approximate surface area is 167 Å². The molecule has 0 aliphatic carbocycles. The van der Waals surface area contributed by atoms with Gasteiger partial charge in [-0.3, -0.25) is 14.0 Å². The van der Waals surface area contributed by atoms with Crippen molar-refractivity contribution in [2.24, 2.45) is 5.92 Å². The minimum atomic E-state index is -0.413. The van der Waals surface area contributed by atoms with Crippen molar-refractivity contribution in [3.8, 4) is 0 Å². The van der Waals surface area contributed by atoms with Crippen LogP contribution in [0.5, 0.6) is 0 Å². The van der Waals surface area contributed by atoms with E-state index in [2.05, 4.69) is 38.9 Å². The molecule has 9 heteroatoms. The second kappa shape index (κ2) is 9.01. The molecule has 28 heavy (non-hydrogen) atoms. The molecule has 8 nitrogen and oxygen atoms in total. The first-order valence-electron chi connectivity index (χ1n) is 9.22. The van der Waals surface area contributed by atoms with Gasteiger partial charge in [0.25, 0.3) is 11.5 Å². The average Bonchev–Trinajstić information content (AvgIpc) is 3.06. The third-order valence-electron chi connectivity index (χ3n) is 4.24. The van der Waals surface area contributed by atoms with E-state index in [9.17, 15) is 9.59 Å². The molecule has 1 amide bonds. The standard InChI is InChI=1S/C19H24N6O2S/c1-13(2)12-25-16(22-23-19(25)28-3)8-6-9-20-17(26)14-11-21-15-7-4-5-10-24(15)18(14)27/h4-5,7,10-11,13H,6,8-9,12H2,1-3H3,(H,20,26). The lowest BCUT2D eigenvalue weighted by molar-refractivity contribution is 0.0951. The highest BCUT2D eigenvalue weighted by molar-refractivity contribution is 7.98. The molecule has 3 aromatic heterocycles. The monoisotopic (exact) mass is 400 g/mol. The third kappa shape index (κ3) is 4.41. The van der Waals surface area contributed by atoms with Crippen molar-refractivity contribution in [1.82, 2.24) is 29.5 Å². The summed E-state index contributed by atoms with van der Waals surface area (Å²) in [6.45, 7) is 5.62. The van der Waals surface area contributed by atoms with Crippen LogP contribution in [-0.2, 0) is 13.0 Å². The largest absolute Gasteiger partial charge is 0.352 e. The molecule has 148 valence electrons. The number of hydrogen-bond acceptors (Lipinski definition) is 6. The second-order valence-electron chi connectivity index (χ2n) is 6.87. The number of nitrogens with zero attached hydrogens (tertiary/aromatic N) is 5. The quantitative estimate of drug-likeness (QED) is 0.459. The molecule has 0 saturated carbocycles. The van der Waals surface area contributed by atoms with Gasteiger partial charge in [0.05, 0.1) is 0 Å². The Morgan fingerprint density at radius 1 is 1.29 bits per heavy atom. The molecule has 3 rings (SSSR count). The third-order valence-corrected chi connectivity index (χ3v) is 4.91. The highest BCUT2D eigenvalue weighted by Crippen LogP contribution is 2.16. The van der Waals surface area contributed by atoms with Gasteiger partial charge in [0.2, 0.25) is 0 Å². The number of nitrogens with one attached hydrogen (secondary N) is 1. The molecule has 0 saturated heterocycles. The van der Waals surface area contributed by atoms with E-state index in [0.717, 1.165) is 17.5 Å². The van der Waals surface area contributed by atoms with Crippen LogP contribution in [0.3, 0.4) is 0 Å². The van der Waals surface area contributed by atoms with Crippen molar-refractivity contribution in [1.29, 1.82) is 0 Å². The summed E-state index contributed by atoms with van der Waals surface area (Å²) in [5.74, 6) is 0.998. The molecule has 1 N–H and O–H groups in total. The zero-order valence-electron chi connectivity index (χ0n) is 16.3. The minimum absolute atomic E-state index is 0.0383. The van der Waals surface area contributed by atoms with E-state index in [1.54, 1.807) is 36.2 Å². The number of rotatable bonds is 8. The number of fused-ring (bicyclic) bond motifs is 1. The summed E-state index contributed by atoms with van der Waals surface area (Å²) in [5, 5.41) is 12.2. The maximum absolute atomic E-state index is 12.4. The van der Waals surface area contributed by atoms with Crippen LogP contribution >= 0.6 is 11.8 Å². The molecule has 0 fully saturated rings. The second-order valence-corrected chi connectivity index (χ2v) is 7.65. The van der Waals surface area contributed by atoms with Crippen LogP contribution in [0.2, 0.25) is 0 Å². The number of pyridine rings is 1. The summed E-state index contributed by atoms with van der Waals surface area (Å²) in [6, 6.07) is 5.25. The van der Waals surface area contributed by atoms with E-state index >= 15 is 0 Å². The molecular formula is C19H24N6O2S. The number of hydrogen-bond donors (Lipinski definition) is 1. The highest BCUT2D eigenvalue weighted by Gasteiger charge is 2.14. The Morgan fingerprint density at radius 2 is 2.11 bits per heavy atom. The fourth-order valence-corrected chi connectivity index (χ4v) is 3.45. The van der Waals surface area contributed by atoms with E-state index in [1.165, 1.54) is 10.6 Å². The molecule has 0 aliphatic rings. The highest BCUT2D eigenvalue weighted by atomic mass is 32.2. The van der Waals surface area contributed by atoms with Gasteiger partial charge in [0, 0.05) is 31.9 Å². The summed E-state index contributed by atoms with van der Waals surface area (Å²) in [5.41, 5.74) is 0.180. The number of carbonyl (C=O) groups is 1. The molecule has 3 heterocycles. The van der Waals surface area contributed by atoms with Gasteiger partial charge in [-0.05, 0) is 30.7 Å². The van der Waals surface area contributed by atoms with E-state index in [1.807, 2.05) is 6.26 Å². The van der Waals surface area contributed by atoms with E-state index in [4.69, 9.17) is 0 Å². The Hall–Kier alpha value is -2.68. The Balaban J connectivity index is 1.60. The first-order valence-corrected chi connectivity index (χ1v) is 10.4. The van der Waals surface area contributed by atoms with Crippen LogP contribution in [0.15, 0.2) is 40.5 Å². The van der Waals surface area contributed by atoms with Crippen LogP contribution in [-0.4, -0.2) is 42.9 Å². The van der Waals surface area contributed by atoms with Crippen LogP contribution in [0, 0.1) is 5.92 Å². The molecule has 0 atom stereocenters. The Morgan fingerprint density at radius 3 is 2.86 bits per heavy atom. The number of amides is 1. The Kier molecular flexibility index (Phi) is 6.45.